The van der Waals surface area contributed by atoms with Crippen LogP contribution in [0.4, 0.5) is 0 Å². The number of nitrogens with one attached hydrogen (secondary N) is 2. The van der Waals surface area contributed by atoms with Gasteiger partial charge in [-0.15, -0.1) is 0 Å². The first kappa shape index (κ1) is 14.7. The molecular formula is C19H15N3OS. The fraction of sp³-hybridized carbons (Fsp3) is 0.0526. The normalized spacial score (nSPS) is 10.8. The van der Waals surface area contributed by atoms with E-state index in [2.05, 4.69) is 32.8 Å². The molecule has 3 heterocycles. The first-order chi connectivity index (χ1) is 11.8. The van der Waals surface area contributed by atoms with E-state index in [0.29, 0.717) is 12.1 Å². The molecule has 0 atom stereocenters. The molecule has 0 saturated heterocycles. The summed E-state index contributed by atoms with van der Waals surface area (Å²) in [5, 5.41) is 8.03. The summed E-state index contributed by atoms with van der Waals surface area (Å²) in [5.41, 5.74) is 4.82. The van der Waals surface area contributed by atoms with Crippen molar-refractivity contribution in [2.75, 3.05) is 0 Å². The molecule has 0 aliphatic carbocycles. The lowest BCUT2D eigenvalue weighted by molar-refractivity contribution is 0.0952. The molecule has 5 heteroatoms. The Kier molecular flexibility index (Phi) is 3.84. The van der Waals surface area contributed by atoms with Crippen molar-refractivity contribution >= 4 is 28.1 Å². The Morgan fingerprint density at radius 3 is 2.96 bits per heavy atom. The van der Waals surface area contributed by atoms with Crippen LogP contribution in [0.15, 0.2) is 65.7 Å². The molecule has 118 valence electrons. The Balaban J connectivity index is 1.51. The van der Waals surface area contributed by atoms with Gasteiger partial charge in [0.2, 0.25) is 0 Å². The van der Waals surface area contributed by atoms with Gasteiger partial charge in [0, 0.05) is 41.6 Å². The van der Waals surface area contributed by atoms with Gasteiger partial charge in [0.1, 0.15) is 0 Å². The zero-order valence-electron chi connectivity index (χ0n) is 12.8. The highest BCUT2D eigenvalue weighted by Gasteiger charge is 2.11. The van der Waals surface area contributed by atoms with Crippen molar-refractivity contribution in [3.8, 4) is 11.1 Å². The molecule has 0 radical (unpaired) electrons. The summed E-state index contributed by atoms with van der Waals surface area (Å²) in [6.07, 6.45) is 5.37. The number of amides is 1. The van der Waals surface area contributed by atoms with Crippen molar-refractivity contribution in [1.82, 2.24) is 15.3 Å². The number of H-pyrrole nitrogens is 1. The van der Waals surface area contributed by atoms with Crippen molar-refractivity contribution in [3.05, 3.63) is 76.9 Å². The second-order valence-electron chi connectivity index (χ2n) is 5.52. The molecule has 0 aliphatic rings. The number of fused-ring (bicyclic) bond motifs is 1. The Hall–Kier alpha value is -2.92. The monoisotopic (exact) mass is 333 g/mol. The summed E-state index contributed by atoms with van der Waals surface area (Å²) in [6.45, 7) is 0.448. The van der Waals surface area contributed by atoms with Crippen LogP contribution in [0.25, 0.3) is 22.0 Å². The van der Waals surface area contributed by atoms with Crippen molar-refractivity contribution < 1.29 is 4.79 Å². The predicted molar refractivity (Wildman–Crippen MR) is 97.0 cm³/mol. The highest BCUT2D eigenvalue weighted by atomic mass is 32.1. The highest BCUT2D eigenvalue weighted by Crippen LogP contribution is 2.22. The number of pyridine rings is 1. The predicted octanol–water partition coefficient (Wildman–Crippen LogP) is 4.22. The molecule has 0 aliphatic heterocycles. The maximum atomic E-state index is 12.5. The average molecular weight is 333 g/mol. The fourth-order valence-electron chi connectivity index (χ4n) is 2.71. The van der Waals surface area contributed by atoms with Gasteiger partial charge < -0.3 is 10.3 Å². The van der Waals surface area contributed by atoms with Crippen LogP contribution in [0.3, 0.4) is 0 Å². The van der Waals surface area contributed by atoms with Gasteiger partial charge in [0.15, 0.2) is 0 Å². The van der Waals surface area contributed by atoms with E-state index in [0.717, 1.165) is 27.6 Å². The number of hydrogen-bond donors (Lipinski definition) is 2. The molecule has 0 saturated carbocycles. The molecule has 4 aromatic rings. The molecule has 4 nitrogen and oxygen atoms in total. The molecule has 3 aromatic heterocycles. The number of aromatic nitrogens is 2. The second-order valence-corrected chi connectivity index (χ2v) is 6.30. The van der Waals surface area contributed by atoms with E-state index in [1.165, 1.54) is 0 Å². The van der Waals surface area contributed by atoms with Crippen LogP contribution in [0.1, 0.15) is 15.9 Å². The van der Waals surface area contributed by atoms with E-state index >= 15 is 0 Å². The zero-order chi connectivity index (χ0) is 16.4. The van der Waals surface area contributed by atoms with E-state index < -0.39 is 0 Å². The molecular weight excluding hydrogens is 318 g/mol. The van der Waals surface area contributed by atoms with Gasteiger partial charge in [-0.1, -0.05) is 18.2 Å². The summed E-state index contributed by atoms with van der Waals surface area (Å²) in [6, 6.07) is 11.9. The third kappa shape index (κ3) is 2.81. The van der Waals surface area contributed by atoms with E-state index in [4.69, 9.17) is 0 Å². The molecule has 1 aromatic carbocycles. The van der Waals surface area contributed by atoms with Gasteiger partial charge in [0.05, 0.1) is 5.56 Å². The smallest absolute Gasteiger partial charge is 0.253 e. The summed E-state index contributed by atoms with van der Waals surface area (Å²) >= 11 is 1.66. The number of nitrogens with zero attached hydrogens (tertiary/aromatic N) is 1. The molecule has 0 spiro atoms. The SMILES string of the molecule is O=C(NCc1cncc(-c2ccsc2)c1)c1c[nH]c2ccccc12. The number of benzene rings is 1. The van der Waals surface area contributed by atoms with Gasteiger partial charge >= 0.3 is 0 Å². The van der Waals surface area contributed by atoms with Crippen LogP contribution in [0.5, 0.6) is 0 Å². The van der Waals surface area contributed by atoms with E-state index in [-0.39, 0.29) is 5.91 Å². The second kappa shape index (κ2) is 6.29. The molecule has 4 rings (SSSR count). The molecule has 0 fully saturated rings. The average Bonchev–Trinajstić information content (AvgIpc) is 3.29. The van der Waals surface area contributed by atoms with Gasteiger partial charge in [-0.25, -0.2) is 0 Å². The quantitative estimate of drug-likeness (QED) is 0.587. The van der Waals surface area contributed by atoms with Crippen molar-refractivity contribution in [1.29, 1.82) is 0 Å². The van der Waals surface area contributed by atoms with E-state index in [9.17, 15) is 4.79 Å². The van der Waals surface area contributed by atoms with Gasteiger partial charge in [0.25, 0.3) is 5.91 Å². The first-order valence-electron chi connectivity index (χ1n) is 7.62. The lowest BCUT2D eigenvalue weighted by Gasteiger charge is -2.06. The highest BCUT2D eigenvalue weighted by molar-refractivity contribution is 7.08. The Labute approximate surface area is 143 Å². The van der Waals surface area contributed by atoms with Crippen LogP contribution >= 0.6 is 11.3 Å². The van der Waals surface area contributed by atoms with Gasteiger partial charge in [-0.2, -0.15) is 11.3 Å². The van der Waals surface area contributed by atoms with Crippen LogP contribution in [-0.2, 0) is 6.54 Å². The third-order valence-electron chi connectivity index (χ3n) is 3.94. The van der Waals surface area contributed by atoms with Crippen LogP contribution in [-0.4, -0.2) is 15.9 Å². The molecule has 0 bridgehead atoms. The van der Waals surface area contributed by atoms with Gasteiger partial charge in [-0.05, 0) is 40.1 Å². The Morgan fingerprint density at radius 1 is 1.17 bits per heavy atom. The largest absolute Gasteiger partial charge is 0.360 e. The molecule has 2 N–H and O–H groups in total. The van der Waals surface area contributed by atoms with Gasteiger partial charge in [-0.3, -0.25) is 9.78 Å². The van der Waals surface area contributed by atoms with Crippen molar-refractivity contribution in [2.24, 2.45) is 0 Å². The minimum absolute atomic E-state index is 0.0895. The fourth-order valence-corrected chi connectivity index (χ4v) is 3.37. The Morgan fingerprint density at radius 2 is 2.08 bits per heavy atom. The standard InChI is InChI=1S/C19H15N3OS/c23-19(17-11-21-18-4-2-1-3-16(17)18)22-9-13-7-15(10-20-8-13)14-5-6-24-12-14/h1-8,10-12,21H,9H2,(H,22,23). The number of rotatable bonds is 4. The summed E-state index contributed by atoms with van der Waals surface area (Å²) in [4.78, 5) is 19.9. The zero-order valence-corrected chi connectivity index (χ0v) is 13.6. The minimum Gasteiger partial charge on any atom is -0.360 e. The molecule has 1 amide bonds. The van der Waals surface area contributed by atoms with E-state index in [1.807, 2.05) is 35.8 Å². The van der Waals surface area contributed by atoms with Crippen LogP contribution in [0, 0.1) is 0 Å². The summed E-state index contributed by atoms with van der Waals surface area (Å²) in [5.74, 6) is -0.0895. The topological polar surface area (TPSA) is 57.8 Å². The number of carbonyl (C=O) groups excluding carboxylic acids is 1. The lowest BCUT2D eigenvalue weighted by atomic mass is 10.1. The van der Waals surface area contributed by atoms with E-state index in [1.54, 1.807) is 23.7 Å². The number of carbonyl (C=O) groups is 1. The van der Waals surface area contributed by atoms with Crippen LogP contribution in [0.2, 0.25) is 0 Å². The lowest BCUT2D eigenvalue weighted by Crippen LogP contribution is -2.22. The Bertz CT molecular complexity index is 989. The number of hydrogen-bond acceptors (Lipinski definition) is 3. The van der Waals surface area contributed by atoms with Crippen molar-refractivity contribution in [3.63, 3.8) is 0 Å². The molecule has 0 unspecified atom stereocenters. The molecule has 24 heavy (non-hydrogen) atoms. The third-order valence-corrected chi connectivity index (χ3v) is 4.62. The van der Waals surface area contributed by atoms with Crippen LogP contribution < -0.4 is 5.32 Å². The summed E-state index contributed by atoms with van der Waals surface area (Å²) < 4.78 is 0. The maximum Gasteiger partial charge on any atom is 0.253 e. The summed E-state index contributed by atoms with van der Waals surface area (Å²) in [7, 11) is 0. The number of thiophene rings is 1. The minimum atomic E-state index is -0.0895. The first-order valence-corrected chi connectivity index (χ1v) is 8.56. The maximum absolute atomic E-state index is 12.5. The van der Waals surface area contributed by atoms with Crippen molar-refractivity contribution in [2.45, 2.75) is 6.54 Å². The number of para-hydroxylation sites is 1. The number of aromatic amines is 1.